The van der Waals surface area contributed by atoms with Gasteiger partial charge in [0.2, 0.25) is 29.5 Å². The summed E-state index contributed by atoms with van der Waals surface area (Å²) in [6.07, 6.45) is 3.01. The number of nitrogens with one attached hydrogen (secondary N) is 5. The van der Waals surface area contributed by atoms with Crippen molar-refractivity contribution in [2.75, 3.05) is 19.8 Å². The Hall–Kier alpha value is -4.61. The minimum Gasteiger partial charge on any atom is -0.494 e. The van der Waals surface area contributed by atoms with Gasteiger partial charge in [-0.2, -0.15) is 0 Å². The van der Waals surface area contributed by atoms with Crippen molar-refractivity contribution in [1.82, 2.24) is 26.6 Å². The zero-order chi connectivity index (χ0) is 35.3. The van der Waals surface area contributed by atoms with Gasteiger partial charge < -0.3 is 36.1 Å². The molecule has 49 heavy (non-hydrogen) atoms. The molecule has 6 rings (SSSR count). The topological polar surface area (TPSA) is 164 Å². The van der Waals surface area contributed by atoms with Crippen LogP contribution in [0.1, 0.15) is 70.9 Å². The van der Waals surface area contributed by atoms with E-state index in [2.05, 4.69) is 26.6 Å². The van der Waals surface area contributed by atoms with Gasteiger partial charge in [0.1, 0.15) is 35.7 Å². The number of carbonyl (C=O) groups excluding carboxylic acids is 5. The molecule has 5 atom stereocenters. The van der Waals surface area contributed by atoms with E-state index in [0.717, 1.165) is 11.1 Å². The van der Waals surface area contributed by atoms with Crippen LogP contribution in [0.3, 0.4) is 0 Å². The molecule has 0 spiro atoms. The minimum atomic E-state index is -1.08. The van der Waals surface area contributed by atoms with Gasteiger partial charge in [-0.25, -0.2) is 0 Å². The SMILES string of the molecule is CC[C@H](C)[C@@H]1NC(=O)[C@@H](NC(=O)[C@@H]2Cc3ccc(cc3)OCCCCC(=O)N[C@@H](C(C)C)C(=O)N2)Cc2ccc(cc2)OCCCNC1=O. The molecule has 4 aliphatic rings. The lowest BCUT2D eigenvalue weighted by atomic mass is 9.96. The lowest BCUT2D eigenvalue weighted by Crippen LogP contribution is -2.60. The number of fused-ring (bicyclic) bond motifs is 25. The molecule has 0 fully saturated rings. The first-order valence-electron chi connectivity index (χ1n) is 17.5. The standard InChI is InChI=1S/C37H51N5O7/c1-5-24(4)33-36(46)38-18-8-20-49-28-16-12-26(13-17-28)22-30(35(45)42-33)39-34(44)29-21-25-10-14-27(15-11-25)48-19-7-6-9-31(43)41-32(23(2)3)37(47)40-29/h10-17,23-24,29-30,32-33H,5-9,18-22H2,1-4H3,(H,38,46)(H,39,44)(H,40,47)(H,41,43)(H,42,45)/t24-,29-,30-,32-,33-/m0/s1. The molecule has 2 aromatic carbocycles. The summed E-state index contributed by atoms with van der Waals surface area (Å²) in [6, 6.07) is 10.7. The van der Waals surface area contributed by atoms with Crippen LogP contribution in [0, 0.1) is 11.8 Å². The summed E-state index contributed by atoms with van der Waals surface area (Å²) in [7, 11) is 0. The fraction of sp³-hybridized carbons (Fsp3) is 0.541. The maximum atomic E-state index is 14.1. The van der Waals surface area contributed by atoms with Gasteiger partial charge in [-0.3, -0.25) is 24.0 Å². The maximum Gasteiger partial charge on any atom is 0.243 e. The first-order valence-corrected chi connectivity index (χ1v) is 17.5. The fourth-order valence-corrected chi connectivity index (χ4v) is 5.77. The second-order valence-corrected chi connectivity index (χ2v) is 13.3. The number of ether oxygens (including phenoxy) is 2. The predicted octanol–water partition coefficient (Wildman–Crippen LogP) is 2.57. The highest BCUT2D eigenvalue weighted by Gasteiger charge is 2.33. The van der Waals surface area contributed by atoms with Crippen LogP contribution < -0.4 is 36.1 Å². The molecular formula is C37H51N5O7. The highest BCUT2D eigenvalue weighted by atomic mass is 16.5. The Morgan fingerprint density at radius 1 is 0.755 bits per heavy atom. The second-order valence-electron chi connectivity index (χ2n) is 13.3. The molecule has 4 aliphatic heterocycles. The number of hydrogen-bond acceptors (Lipinski definition) is 7. The quantitative estimate of drug-likeness (QED) is 0.325. The van der Waals surface area contributed by atoms with E-state index in [9.17, 15) is 24.0 Å². The Balaban J connectivity index is 1.64. The van der Waals surface area contributed by atoms with Crippen molar-refractivity contribution in [2.24, 2.45) is 11.8 Å². The first-order chi connectivity index (χ1) is 23.5. The Kier molecular flexibility index (Phi) is 13.8. The molecule has 0 aromatic heterocycles. The van der Waals surface area contributed by atoms with E-state index in [-0.39, 0.29) is 42.9 Å². The third-order valence-electron chi connectivity index (χ3n) is 9.01. The van der Waals surface area contributed by atoms with Crippen LogP contribution in [0.5, 0.6) is 11.5 Å². The molecule has 5 N–H and O–H groups in total. The average Bonchev–Trinajstić information content (AvgIpc) is 3.09. The van der Waals surface area contributed by atoms with Crippen molar-refractivity contribution in [3.05, 3.63) is 59.7 Å². The summed E-state index contributed by atoms with van der Waals surface area (Å²) in [5.74, 6) is -1.25. The van der Waals surface area contributed by atoms with Crippen LogP contribution >= 0.6 is 0 Å². The zero-order valence-electron chi connectivity index (χ0n) is 29.0. The third-order valence-corrected chi connectivity index (χ3v) is 9.01. The number of rotatable bonds is 5. The van der Waals surface area contributed by atoms with Gasteiger partial charge in [-0.1, -0.05) is 58.4 Å². The van der Waals surface area contributed by atoms with Gasteiger partial charge in [0.25, 0.3) is 0 Å². The van der Waals surface area contributed by atoms with Crippen LogP contribution in [0.25, 0.3) is 0 Å². The van der Waals surface area contributed by atoms with E-state index in [1.54, 1.807) is 0 Å². The van der Waals surface area contributed by atoms with Crippen molar-refractivity contribution < 1.29 is 33.4 Å². The lowest BCUT2D eigenvalue weighted by Gasteiger charge is -2.29. The number of carbonyl (C=O) groups is 5. The first kappa shape index (κ1) is 37.2. The van der Waals surface area contributed by atoms with Gasteiger partial charge in [-0.15, -0.1) is 0 Å². The van der Waals surface area contributed by atoms with E-state index in [1.165, 1.54) is 0 Å². The van der Waals surface area contributed by atoms with E-state index < -0.39 is 41.9 Å². The molecule has 12 heteroatoms. The largest absolute Gasteiger partial charge is 0.494 e. The van der Waals surface area contributed by atoms with Gasteiger partial charge in [0.05, 0.1) is 13.2 Å². The average molecular weight is 678 g/mol. The lowest BCUT2D eigenvalue weighted by molar-refractivity contribution is -0.135. The predicted molar refractivity (Wildman–Crippen MR) is 185 cm³/mol. The molecular weight excluding hydrogens is 626 g/mol. The molecule has 0 saturated carbocycles. The van der Waals surface area contributed by atoms with Crippen LogP contribution in [0.15, 0.2) is 48.5 Å². The summed E-state index contributed by atoms with van der Waals surface area (Å²) in [5, 5.41) is 14.4. The second kappa shape index (κ2) is 18.2. The number of benzene rings is 2. The number of hydrogen-bond donors (Lipinski definition) is 5. The van der Waals surface area contributed by atoms with E-state index in [4.69, 9.17) is 9.47 Å². The molecule has 12 nitrogen and oxygen atoms in total. The zero-order valence-corrected chi connectivity index (χ0v) is 29.0. The van der Waals surface area contributed by atoms with E-state index in [0.29, 0.717) is 56.9 Å². The van der Waals surface area contributed by atoms with Crippen LogP contribution in [0.2, 0.25) is 0 Å². The molecule has 4 heterocycles. The third kappa shape index (κ3) is 11.2. The van der Waals surface area contributed by atoms with Gasteiger partial charge in [0, 0.05) is 25.8 Å². The van der Waals surface area contributed by atoms with Gasteiger partial charge in [0.15, 0.2) is 0 Å². The Bertz CT molecular complexity index is 1430. The minimum absolute atomic E-state index is 0.120. The van der Waals surface area contributed by atoms with Crippen molar-refractivity contribution in [1.29, 1.82) is 0 Å². The summed E-state index contributed by atoms with van der Waals surface area (Å²) in [6.45, 7) is 8.74. The number of amides is 5. The Morgan fingerprint density at radius 3 is 1.98 bits per heavy atom. The Morgan fingerprint density at radius 2 is 1.37 bits per heavy atom. The molecule has 0 unspecified atom stereocenters. The molecule has 0 radical (unpaired) electrons. The summed E-state index contributed by atoms with van der Waals surface area (Å²) in [5.41, 5.74) is 1.54. The van der Waals surface area contributed by atoms with E-state index >= 15 is 0 Å². The van der Waals surface area contributed by atoms with Crippen molar-refractivity contribution in [3.63, 3.8) is 0 Å². The molecule has 0 saturated heterocycles. The molecule has 4 bridgehead atoms. The molecule has 0 aliphatic carbocycles. The van der Waals surface area contributed by atoms with Crippen molar-refractivity contribution in [2.45, 2.75) is 96.8 Å². The summed E-state index contributed by atoms with van der Waals surface area (Å²) in [4.78, 5) is 67.7. The highest BCUT2D eigenvalue weighted by Crippen LogP contribution is 2.18. The van der Waals surface area contributed by atoms with Crippen LogP contribution in [-0.2, 0) is 36.8 Å². The van der Waals surface area contributed by atoms with Crippen molar-refractivity contribution >= 4 is 29.5 Å². The molecule has 5 amide bonds. The van der Waals surface area contributed by atoms with E-state index in [1.807, 2.05) is 76.2 Å². The van der Waals surface area contributed by atoms with Crippen molar-refractivity contribution in [3.8, 4) is 11.5 Å². The molecule has 266 valence electrons. The maximum absolute atomic E-state index is 14.1. The normalized spacial score (nSPS) is 23.8. The fourth-order valence-electron chi connectivity index (χ4n) is 5.77. The highest BCUT2D eigenvalue weighted by molar-refractivity contribution is 5.96. The molecule has 2 aromatic rings. The van der Waals surface area contributed by atoms with Crippen LogP contribution in [0.4, 0.5) is 0 Å². The Labute approximate surface area is 288 Å². The smallest absolute Gasteiger partial charge is 0.243 e. The van der Waals surface area contributed by atoms with Crippen LogP contribution in [-0.4, -0.2) is 73.5 Å². The summed E-state index contributed by atoms with van der Waals surface area (Å²) < 4.78 is 11.6. The van der Waals surface area contributed by atoms with Gasteiger partial charge >= 0.3 is 0 Å². The monoisotopic (exact) mass is 677 g/mol. The summed E-state index contributed by atoms with van der Waals surface area (Å²) >= 11 is 0. The van der Waals surface area contributed by atoms with Gasteiger partial charge in [-0.05, 0) is 66.5 Å².